The van der Waals surface area contributed by atoms with E-state index < -0.39 is 6.04 Å². The number of amides is 2. The molecule has 3 N–H and O–H groups in total. The van der Waals surface area contributed by atoms with Crippen molar-refractivity contribution in [2.24, 2.45) is 0 Å². The van der Waals surface area contributed by atoms with Crippen LogP contribution in [0.15, 0.2) is 18.2 Å². The summed E-state index contributed by atoms with van der Waals surface area (Å²) in [6.45, 7) is 8.70. The van der Waals surface area contributed by atoms with E-state index >= 15 is 0 Å². The summed E-state index contributed by atoms with van der Waals surface area (Å²) in [7, 11) is 0. The molecule has 0 heterocycles. The molecule has 0 aromatic heterocycles. The minimum Gasteiger partial charge on any atom is -0.385 e. The maximum atomic E-state index is 12.3. The number of aryl methyl sites for hydroxylation is 1. The van der Waals surface area contributed by atoms with Gasteiger partial charge in [0.05, 0.1) is 5.56 Å². The Morgan fingerprint density at radius 1 is 1.20 bits per heavy atom. The lowest BCUT2D eigenvalue weighted by atomic mass is 10.1. The molecule has 5 heteroatoms. The molecule has 2 amide bonds. The van der Waals surface area contributed by atoms with Crippen molar-refractivity contribution in [2.45, 2.75) is 33.7 Å². The van der Waals surface area contributed by atoms with E-state index in [1.807, 2.05) is 39.0 Å². The second kappa shape index (κ2) is 7.53. The number of rotatable bonds is 6. The zero-order valence-electron chi connectivity index (χ0n) is 12.5. The highest BCUT2D eigenvalue weighted by atomic mass is 16.2. The Labute approximate surface area is 120 Å². The van der Waals surface area contributed by atoms with Gasteiger partial charge in [0.2, 0.25) is 5.91 Å². The summed E-state index contributed by atoms with van der Waals surface area (Å²) in [4.78, 5) is 23.9. The minimum atomic E-state index is -0.558. The lowest BCUT2D eigenvalue weighted by Gasteiger charge is -2.16. The zero-order valence-corrected chi connectivity index (χ0v) is 12.5. The van der Waals surface area contributed by atoms with Crippen LogP contribution < -0.4 is 16.0 Å². The van der Waals surface area contributed by atoms with E-state index in [1.54, 1.807) is 6.92 Å². The molecule has 1 aromatic carbocycles. The lowest BCUT2D eigenvalue weighted by Crippen LogP contribution is -2.44. The molecule has 1 aromatic rings. The predicted molar refractivity (Wildman–Crippen MR) is 81.0 cm³/mol. The monoisotopic (exact) mass is 277 g/mol. The van der Waals surface area contributed by atoms with Gasteiger partial charge >= 0.3 is 0 Å². The summed E-state index contributed by atoms with van der Waals surface area (Å²) in [6.07, 6.45) is 0. The Morgan fingerprint density at radius 3 is 2.50 bits per heavy atom. The third-order valence-corrected chi connectivity index (χ3v) is 2.88. The largest absolute Gasteiger partial charge is 0.385 e. The SMILES string of the molecule is CCNC(=O)C(C)NC(=O)c1cc(C)ccc1NCC. The van der Waals surface area contributed by atoms with Crippen molar-refractivity contribution >= 4 is 17.5 Å². The van der Waals surface area contributed by atoms with Crippen LogP contribution in [0.5, 0.6) is 0 Å². The van der Waals surface area contributed by atoms with E-state index in [1.165, 1.54) is 0 Å². The molecule has 5 nitrogen and oxygen atoms in total. The van der Waals surface area contributed by atoms with Crippen LogP contribution in [0, 0.1) is 6.92 Å². The first-order valence-electron chi connectivity index (χ1n) is 6.92. The normalized spacial score (nSPS) is 11.6. The molecule has 0 fully saturated rings. The van der Waals surface area contributed by atoms with Crippen LogP contribution >= 0.6 is 0 Å². The number of anilines is 1. The van der Waals surface area contributed by atoms with Crippen LogP contribution in [0.1, 0.15) is 36.7 Å². The number of nitrogens with one attached hydrogen (secondary N) is 3. The number of carbonyl (C=O) groups is 2. The van der Waals surface area contributed by atoms with Gasteiger partial charge in [-0.15, -0.1) is 0 Å². The maximum Gasteiger partial charge on any atom is 0.254 e. The third kappa shape index (κ3) is 4.26. The quantitative estimate of drug-likeness (QED) is 0.741. The Balaban J connectivity index is 2.86. The van der Waals surface area contributed by atoms with Gasteiger partial charge in [-0.1, -0.05) is 11.6 Å². The Morgan fingerprint density at radius 2 is 1.90 bits per heavy atom. The average Bonchev–Trinajstić information content (AvgIpc) is 2.41. The van der Waals surface area contributed by atoms with Crippen LogP contribution in [-0.4, -0.2) is 30.9 Å². The van der Waals surface area contributed by atoms with E-state index in [-0.39, 0.29) is 11.8 Å². The number of carbonyl (C=O) groups excluding carboxylic acids is 2. The van der Waals surface area contributed by atoms with Gasteiger partial charge in [0.25, 0.3) is 5.91 Å². The summed E-state index contributed by atoms with van der Waals surface area (Å²) < 4.78 is 0. The van der Waals surface area contributed by atoms with Crippen LogP contribution in [0.3, 0.4) is 0 Å². The first-order valence-corrected chi connectivity index (χ1v) is 6.92. The van der Waals surface area contributed by atoms with Gasteiger partial charge in [-0.05, 0) is 39.8 Å². The molecule has 110 valence electrons. The van der Waals surface area contributed by atoms with Gasteiger partial charge in [0.15, 0.2) is 0 Å². The molecular formula is C15H23N3O2. The van der Waals surface area contributed by atoms with Gasteiger partial charge in [-0.2, -0.15) is 0 Å². The van der Waals surface area contributed by atoms with Gasteiger partial charge in [-0.25, -0.2) is 0 Å². The molecule has 1 rings (SSSR count). The molecule has 0 aliphatic carbocycles. The smallest absolute Gasteiger partial charge is 0.254 e. The van der Waals surface area contributed by atoms with E-state index in [4.69, 9.17) is 0 Å². The molecule has 0 radical (unpaired) electrons. The summed E-state index contributed by atoms with van der Waals surface area (Å²) in [5.74, 6) is -0.429. The summed E-state index contributed by atoms with van der Waals surface area (Å²) in [5.41, 5.74) is 2.34. The number of hydrogen-bond donors (Lipinski definition) is 3. The topological polar surface area (TPSA) is 70.2 Å². The first kappa shape index (κ1) is 16.0. The van der Waals surface area contributed by atoms with E-state index in [0.717, 1.165) is 17.8 Å². The number of benzene rings is 1. The van der Waals surface area contributed by atoms with Crippen molar-refractivity contribution in [1.29, 1.82) is 0 Å². The van der Waals surface area contributed by atoms with Crippen LogP contribution in [0.25, 0.3) is 0 Å². The molecule has 0 aliphatic rings. The number of hydrogen-bond acceptors (Lipinski definition) is 3. The van der Waals surface area contributed by atoms with Crippen LogP contribution in [-0.2, 0) is 4.79 Å². The summed E-state index contributed by atoms with van der Waals surface area (Å²) in [6, 6.07) is 5.09. The highest BCUT2D eigenvalue weighted by molar-refractivity contribution is 6.01. The first-order chi connectivity index (χ1) is 9.49. The molecule has 1 atom stereocenters. The van der Waals surface area contributed by atoms with Crippen molar-refractivity contribution in [3.8, 4) is 0 Å². The average molecular weight is 277 g/mol. The van der Waals surface area contributed by atoms with E-state index in [0.29, 0.717) is 12.1 Å². The van der Waals surface area contributed by atoms with Gasteiger partial charge < -0.3 is 16.0 Å². The highest BCUT2D eigenvalue weighted by Gasteiger charge is 2.18. The summed E-state index contributed by atoms with van der Waals surface area (Å²) >= 11 is 0. The fraction of sp³-hybridized carbons (Fsp3) is 0.467. The predicted octanol–water partition coefficient (Wildman–Crippen LogP) is 1.68. The van der Waals surface area contributed by atoms with E-state index in [9.17, 15) is 9.59 Å². The fourth-order valence-corrected chi connectivity index (χ4v) is 1.86. The summed E-state index contributed by atoms with van der Waals surface area (Å²) in [5, 5.41) is 8.55. The fourth-order valence-electron chi connectivity index (χ4n) is 1.86. The van der Waals surface area contributed by atoms with Crippen molar-refractivity contribution in [1.82, 2.24) is 10.6 Å². The Hall–Kier alpha value is -2.04. The molecule has 0 aliphatic heterocycles. The minimum absolute atomic E-state index is 0.182. The van der Waals surface area contributed by atoms with Gasteiger partial charge in [0, 0.05) is 18.8 Å². The van der Waals surface area contributed by atoms with Crippen molar-refractivity contribution < 1.29 is 9.59 Å². The third-order valence-electron chi connectivity index (χ3n) is 2.88. The Bertz CT molecular complexity index is 486. The molecule has 0 saturated carbocycles. The van der Waals surface area contributed by atoms with Gasteiger partial charge in [-0.3, -0.25) is 9.59 Å². The van der Waals surface area contributed by atoms with Crippen LogP contribution in [0.2, 0.25) is 0 Å². The molecule has 1 unspecified atom stereocenters. The molecule has 20 heavy (non-hydrogen) atoms. The second-order valence-corrected chi connectivity index (χ2v) is 4.67. The van der Waals surface area contributed by atoms with Crippen molar-refractivity contribution in [3.63, 3.8) is 0 Å². The number of likely N-dealkylation sites (N-methyl/N-ethyl adjacent to an activating group) is 1. The zero-order chi connectivity index (χ0) is 15.1. The molecule has 0 spiro atoms. The Kier molecular flexibility index (Phi) is 6.03. The standard InChI is InChI=1S/C15H23N3O2/c1-5-16-13-8-7-10(3)9-12(13)15(20)18-11(4)14(19)17-6-2/h7-9,11,16H,5-6H2,1-4H3,(H,17,19)(H,18,20). The van der Waals surface area contributed by atoms with Gasteiger partial charge in [0.1, 0.15) is 6.04 Å². The second-order valence-electron chi connectivity index (χ2n) is 4.67. The van der Waals surface area contributed by atoms with E-state index in [2.05, 4.69) is 16.0 Å². The van der Waals surface area contributed by atoms with Crippen molar-refractivity contribution in [2.75, 3.05) is 18.4 Å². The molecule has 0 saturated heterocycles. The lowest BCUT2D eigenvalue weighted by molar-refractivity contribution is -0.122. The maximum absolute atomic E-state index is 12.3. The highest BCUT2D eigenvalue weighted by Crippen LogP contribution is 2.17. The molecule has 0 bridgehead atoms. The molecular weight excluding hydrogens is 254 g/mol. The van der Waals surface area contributed by atoms with Crippen LogP contribution in [0.4, 0.5) is 5.69 Å². The van der Waals surface area contributed by atoms with Crippen molar-refractivity contribution in [3.05, 3.63) is 29.3 Å².